The third-order valence-electron chi connectivity index (χ3n) is 4.42. The maximum atomic E-state index is 11.8. The fourth-order valence-electron chi connectivity index (χ4n) is 3.21. The second kappa shape index (κ2) is 7.45. The molecule has 0 aliphatic rings. The fourth-order valence-corrected chi connectivity index (χ4v) is 3.89. The maximum absolute atomic E-state index is 11.8. The molecule has 30 heavy (non-hydrogen) atoms. The second-order valence-electron chi connectivity index (χ2n) is 6.77. The Labute approximate surface area is 173 Å². The SMILES string of the molecule is COc1cccc(OC)c1-n1c(-c2ccc(C)o2)nc2ncc(CS(C)(=O)=O)nc21. The molecule has 0 spiro atoms. The number of hydrogen-bond acceptors (Lipinski definition) is 8. The number of methoxy groups -OCH3 is 2. The average molecular weight is 428 g/mol. The minimum atomic E-state index is -3.29. The minimum absolute atomic E-state index is 0.237. The van der Waals surface area contributed by atoms with Gasteiger partial charge in [-0.3, -0.25) is 4.57 Å². The van der Waals surface area contributed by atoms with Gasteiger partial charge >= 0.3 is 0 Å². The predicted molar refractivity (Wildman–Crippen MR) is 111 cm³/mol. The number of benzene rings is 1. The summed E-state index contributed by atoms with van der Waals surface area (Å²) in [6.07, 6.45) is 2.56. The molecule has 0 atom stereocenters. The van der Waals surface area contributed by atoms with Crippen LogP contribution in [0, 0.1) is 6.92 Å². The molecule has 4 aromatic rings. The molecule has 0 amide bonds. The van der Waals surface area contributed by atoms with Crippen molar-refractivity contribution in [3.63, 3.8) is 0 Å². The van der Waals surface area contributed by atoms with Crippen LogP contribution in [-0.4, -0.2) is 48.4 Å². The first-order valence-electron chi connectivity index (χ1n) is 9.01. The second-order valence-corrected chi connectivity index (χ2v) is 8.91. The van der Waals surface area contributed by atoms with Crippen molar-refractivity contribution >= 4 is 21.1 Å². The van der Waals surface area contributed by atoms with E-state index < -0.39 is 9.84 Å². The first-order valence-corrected chi connectivity index (χ1v) is 11.1. The first-order chi connectivity index (χ1) is 14.3. The Morgan fingerprint density at radius 2 is 1.77 bits per heavy atom. The van der Waals surface area contributed by atoms with E-state index in [0.717, 1.165) is 6.26 Å². The molecule has 0 saturated carbocycles. The molecule has 156 valence electrons. The van der Waals surface area contributed by atoms with Gasteiger partial charge in [0.2, 0.25) is 0 Å². The number of aryl methyl sites for hydroxylation is 1. The highest BCUT2D eigenvalue weighted by Gasteiger charge is 2.24. The van der Waals surface area contributed by atoms with Crippen LogP contribution < -0.4 is 9.47 Å². The molecule has 0 fully saturated rings. The lowest BCUT2D eigenvalue weighted by atomic mass is 10.2. The minimum Gasteiger partial charge on any atom is -0.494 e. The molecule has 0 saturated heterocycles. The van der Waals surface area contributed by atoms with Crippen LogP contribution in [0.4, 0.5) is 0 Å². The number of nitrogens with zero attached hydrogens (tertiary/aromatic N) is 4. The Morgan fingerprint density at radius 3 is 2.33 bits per heavy atom. The molecule has 0 unspecified atom stereocenters. The Morgan fingerprint density at radius 1 is 1.07 bits per heavy atom. The zero-order valence-electron chi connectivity index (χ0n) is 16.9. The normalized spacial score (nSPS) is 11.7. The third kappa shape index (κ3) is 3.61. The number of hydrogen-bond donors (Lipinski definition) is 0. The summed E-state index contributed by atoms with van der Waals surface area (Å²) in [5, 5.41) is 0. The van der Waals surface area contributed by atoms with E-state index in [0.29, 0.717) is 51.5 Å². The highest BCUT2D eigenvalue weighted by atomic mass is 32.2. The fraction of sp³-hybridized carbons (Fsp3) is 0.250. The molecule has 0 aliphatic heterocycles. The van der Waals surface area contributed by atoms with Crippen LogP contribution >= 0.6 is 0 Å². The molecule has 1 aromatic carbocycles. The molecular formula is C20H20N4O5S. The van der Waals surface area contributed by atoms with E-state index in [1.165, 1.54) is 6.20 Å². The number of fused-ring (bicyclic) bond motifs is 1. The van der Waals surface area contributed by atoms with Crippen LogP contribution in [0.5, 0.6) is 11.5 Å². The van der Waals surface area contributed by atoms with Crippen LogP contribution in [0.1, 0.15) is 11.5 Å². The van der Waals surface area contributed by atoms with Crippen molar-refractivity contribution < 1.29 is 22.3 Å². The van der Waals surface area contributed by atoms with Gasteiger partial charge in [-0.2, -0.15) is 0 Å². The Kier molecular flexibility index (Phi) is 4.94. The molecule has 3 heterocycles. The summed E-state index contributed by atoms with van der Waals surface area (Å²) in [5.74, 6) is 2.47. The van der Waals surface area contributed by atoms with Gasteiger partial charge in [-0.15, -0.1) is 0 Å². The molecule has 0 N–H and O–H groups in total. The Hall–Kier alpha value is -3.40. The maximum Gasteiger partial charge on any atom is 0.198 e. The molecule has 0 radical (unpaired) electrons. The number of imidazole rings is 1. The summed E-state index contributed by atoms with van der Waals surface area (Å²) in [5.41, 5.74) is 1.56. The van der Waals surface area contributed by atoms with Gasteiger partial charge in [-0.1, -0.05) is 6.07 Å². The van der Waals surface area contributed by atoms with Crippen molar-refractivity contribution in [2.24, 2.45) is 0 Å². The Bertz CT molecular complexity index is 1320. The average Bonchev–Trinajstić information content (AvgIpc) is 3.29. The summed E-state index contributed by atoms with van der Waals surface area (Å²) >= 11 is 0. The molecule has 4 rings (SSSR count). The van der Waals surface area contributed by atoms with E-state index in [9.17, 15) is 8.42 Å². The lowest BCUT2D eigenvalue weighted by molar-refractivity contribution is 0.391. The molecule has 3 aromatic heterocycles. The van der Waals surface area contributed by atoms with Crippen molar-refractivity contribution in [3.05, 3.63) is 48.0 Å². The molecule has 9 nitrogen and oxygen atoms in total. The Balaban J connectivity index is 2.08. The van der Waals surface area contributed by atoms with Gasteiger partial charge in [-0.05, 0) is 31.2 Å². The summed E-state index contributed by atoms with van der Waals surface area (Å²) in [6.45, 7) is 1.83. The highest BCUT2D eigenvalue weighted by Crippen LogP contribution is 2.38. The third-order valence-corrected chi connectivity index (χ3v) is 5.24. The summed E-state index contributed by atoms with van der Waals surface area (Å²) in [4.78, 5) is 13.5. The van der Waals surface area contributed by atoms with Gasteiger partial charge in [0.1, 0.15) is 22.9 Å². The lowest BCUT2D eigenvalue weighted by Crippen LogP contribution is -2.07. The first kappa shape index (κ1) is 19.9. The van der Waals surface area contributed by atoms with Crippen LogP contribution in [0.15, 0.2) is 40.9 Å². The number of furan rings is 1. The van der Waals surface area contributed by atoms with Crippen molar-refractivity contribution in [1.29, 1.82) is 0 Å². The van der Waals surface area contributed by atoms with E-state index >= 15 is 0 Å². The van der Waals surface area contributed by atoms with Crippen LogP contribution in [-0.2, 0) is 15.6 Å². The molecule has 0 aliphatic carbocycles. The van der Waals surface area contributed by atoms with E-state index in [2.05, 4.69) is 15.0 Å². The molecule has 0 bridgehead atoms. The van der Waals surface area contributed by atoms with E-state index in [4.69, 9.17) is 13.9 Å². The van der Waals surface area contributed by atoms with Crippen molar-refractivity contribution in [1.82, 2.24) is 19.5 Å². The molecule has 10 heteroatoms. The van der Waals surface area contributed by atoms with E-state index in [1.807, 2.05) is 13.0 Å². The quantitative estimate of drug-likeness (QED) is 0.461. The monoisotopic (exact) mass is 428 g/mol. The number of ether oxygens (including phenoxy) is 2. The van der Waals surface area contributed by atoms with E-state index in [-0.39, 0.29) is 5.75 Å². The lowest BCUT2D eigenvalue weighted by Gasteiger charge is -2.15. The summed E-state index contributed by atoms with van der Waals surface area (Å²) < 4.78 is 42.2. The van der Waals surface area contributed by atoms with Gasteiger partial charge in [0.15, 0.2) is 32.7 Å². The van der Waals surface area contributed by atoms with Gasteiger partial charge in [0.25, 0.3) is 0 Å². The summed E-state index contributed by atoms with van der Waals surface area (Å²) in [6, 6.07) is 9.00. The van der Waals surface area contributed by atoms with Gasteiger partial charge in [0.05, 0.1) is 31.9 Å². The van der Waals surface area contributed by atoms with Crippen molar-refractivity contribution in [3.8, 4) is 28.8 Å². The van der Waals surface area contributed by atoms with Crippen molar-refractivity contribution in [2.45, 2.75) is 12.7 Å². The zero-order chi connectivity index (χ0) is 21.5. The van der Waals surface area contributed by atoms with Crippen LogP contribution in [0.2, 0.25) is 0 Å². The number of rotatable bonds is 6. The highest BCUT2D eigenvalue weighted by molar-refractivity contribution is 7.89. The van der Waals surface area contributed by atoms with Crippen LogP contribution in [0.25, 0.3) is 28.6 Å². The van der Waals surface area contributed by atoms with Gasteiger partial charge in [0, 0.05) is 6.26 Å². The van der Waals surface area contributed by atoms with Crippen molar-refractivity contribution in [2.75, 3.05) is 20.5 Å². The largest absolute Gasteiger partial charge is 0.494 e. The van der Waals surface area contributed by atoms with Gasteiger partial charge in [-0.25, -0.2) is 23.4 Å². The summed E-state index contributed by atoms with van der Waals surface area (Å²) in [7, 11) is -0.190. The number of sulfone groups is 1. The predicted octanol–water partition coefficient (Wildman–Crippen LogP) is 2.95. The number of para-hydroxylation sites is 1. The van der Waals surface area contributed by atoms with Gasteiger partial charge < -0.3 is 13.9 Å². The number of aromatic nitrogens is 4. The topological polar surface area (TPSA) is 109 Å². The molecular weight excluding hydrogens is 408 g/mol. The zero-order valence-corrected chi connectivity index (χ0v) is 17.7. The standard InChI is InChI=1S/C20H20N4O5S/c1-12-8-9-16(29-12)19-23-18-20(22-13(10-21-18)11-30(4,25)26)24(19)17-14(27-2)6-5-7-15(17)28-3/h5-10H,11H2,1-4H3. The smallest absolute Gasteiger partial charge is 0.198 e. The van der Waals surface area contributed by atoms with E-state index in [1.54, 1.807) is 43.1 Å². The van der Waals surface area contributed by atoms with Crippen LogP contribution in [0.3, 0.4) is 0 Å².